The van der Waals surface area contributed by atoms with E-state index in [1.807, 2.05) is 0 Å². The molecule has 1 aromatic carbocycles. The standard InChI is InChI=1S/C15H19BrFN3S/c16-13-11(15(18)21)3-4-12(14(13)17)20-8-5-10(9-20)19-6-1-2-7-19/h3-4,10H,1-2,5-9H2,(H2,18,21). The molecule has 0 amide bonds. The van der Waals surface area contributed by atoms with Gasteiger partial charge in [-0.25, -0.2) is 4.39 Å². The molecule has 2 aliphatic rings. The van der Waals surface area contributed by atoms with Gasteiger partial charge in [0, 0.05) is 24.7 Å². The molecule has 1 aromatic rings. The summed E-state index contributed by atoms with van der Waals surface area (Å²) in [6.45, 7) is 4.17. The Labute approximate surface area is 138 Å². The predicted molar refractivity (Wildman–Crippen MR) is 91.4 cm³/mol. The molecule has 114 valence electrons. The van der Waals surface area contributed by atoms with Crippen molar-refractivity contribution in [1.29, 1.82) is 0 Å². The monoisotopic (exact) mass is 371 g/mol. The van der Waals surface area contributed by atoms with Gasteiger partial charge in [0.15, 0.2) is 5.82 Å². The molecule has 2 heterocycles. The van der Waals surface area contributed by atoms with E-state index < -0.39 is 0 Å². The largest absolute Gasteiger partial charge is 0.389 e. The Balaban J connectivity index is 1.78. The van der Waals surface area contributed by atoms with Gasteiger partial charge >= 0.3 is 0 Å². The van der Waals surface area contributed by atoms with E-state index in [1.54, 1.807) is 12.1 Å². The first kappa shape index (κ1) is 15.2. The second-order valence-electron chi connectivity index (χ2n) is 5.76. The number of hydrogen-bond acceptors (Lipinski definition) is 3. The van der Waals surface area contributed by atoms with Crippen LogP contribution in [-0.2, 0) is 0 Å². The lowest BCUT2D eigenvalue weighted by molar-refractivity contribution is 0.260. The number of anilines is 1. The summed E-state index contributed by atoms with van der Waals surface area (Å²) in [4.78, 5) is 4.88. The van der Waals surface area contributed by atoms with Crippen LogP contribution >= 0.6 is 28.1 Å². The lowest BCUT2D eigenvalue weighted by Gasteiger charge is -2.25. The number of thiocarbonyl (C=S) groups is 1. The molecule has 0 radical (unpaired) electrons. The summed E-state index contributed by atoms with van der Waals surface area (Å²) in [7, 11) is 0. The summed E-state index contributed by atoms with van der Waals surface area (Å²) < 4.78 is 14.9. The van der Waals surface area contributed by atoms with Crippen molar-refractivity contribution in [3.63, 3.8) is 0 Å². The zero-order chi connectivity index (χ0) is 15.0. The van der Waals surface area contributed by atoms with Crippen molar-refractivity contribution in [2.24, 2.45) is 5.73 Å². The van der Waals surface area contributed by atoms with E-state index >= 15 is 0 Å². The number of likely N-dealkylation sites (tertiary alicyclic amines) is 1. The summed E-state index contributed by atoms with van der Waals surface area (Å²) in [5, 5.41) is 0. The molecular formula is C15H19BrFN3S. The highest BCUT2D eigenvalue weighted by Crippen LogP contribution is 2.32. The lowest BCUT2D eigenvalue weighted by atomic mass is 10.2. The molecule has 2 saturated heterocycles. The van der Waals surface area contributed by atoms with E-state index in [2.05, 4.69) is 25.7 Å². The smallest absolute Gasteiger partial charge is 0.161 e. The number of hydrogen-bond donors (Lipinski definition) is 1. The summed E-state index contributed by atoms with van der Waals surface area (Å²) in [5.74, 6) is -0.262. The highest BCUT2D eigenvalue weighted by atomic mass is 79.9. The molecule has 6 heteroatoms. The van der Waals surface area contributed by atoms with Crippen molar-refractivity contribution in [2.75, 3.05) is 31.1 Å². The third-order valence-corrected chi connectivity index (χ3v) is 5.48. The first-order chi connectivity index (χ1) is 10.1. The Hall–Kier alpha value is -0.720. The summed E-state index contributed by atoms with van der Waals surface area (Å²) in [5.41, 5.74) is 6.81. The van der Waals surface area contributed by atoms with E-state index in [4.69, 9.17) is 18.0 Å². The molecule has 3 nitrogen and oxygen atoms in total. The lowest BCUT2D eigenvalue weighted by Crippen LogP contribution is -2.35. The summed E-state index contributed by atoms with van der Waals surface area (Å²) in [6.07, 6.45) is 3.69. The number of nitrogens with two attached hydrogens (primary N) is 1. The van der Waals surface area contributed by atoms with Gasteiger partial charge in [-0.15, -0.1) is 0 Å². The van der Waals surface area contributed by atoms with E-state index in [0.717, 1.165) is 19.5 Å². The molecule has 0 bridgehead atoms. The van der Waals surface area contributed by atoms with Gasteiger partial charge in [-0.2, -0.15) is 0 Å². The molecule has 2 fully saturated rings. The van der Waals surface area contributed by atoms with Gasteiger partial charge in [0.05, 0.1) is 10.2 Å². The minimum absolute atomic E-state index is 0.212. The molecule has 3 rings (SSSR count). The maximum Gasteiger partial charge on any atom is 0.161 e. The summed E-state index contributed by atoms with van der Waals surface area (Å²) in [6, 6.07) is 4.15. The zero-order valence-electron chi connectivity index (χ0n) is 11.8. The first-order valence-corrected chi connectivity index (χ1v) is 8.55. The molecule has 2 N–H and O–H groups in total. The number of nitrogens with zero attached hydrogens (tertiary/aromatic N) is 2. The van der Waals surface area contributed by atoms with E-state index in [1.165, 1.54) is 25.9 Å². The van der Waals surface area contributed by atoms with E-state index in [-0.39, 0.29) is 10.8 Å². The number of benzene rings is 1. The van der Waals surface area contributed by atoms with Crippen molar-refractivity contribution in [3.05, 3.63) is 28.0 Å². The Kier molecular flexibility index (Phi) is 4.47. The molecule has 1 atom stereocenters. The van der Waals surface area contributed by atoms with Crippen LogP contribution < -0.4 is 10.6 Å². The third-order valence-electron chi connectivity index (χ3n) is 4.49. The fourth-order valence-corrected chi connectivity index (χ4v) is 4.19. The van der Waals surface area contributed by atoms with E-state index in [9.17, 15) is 4.39 Å². The summed E-state index contributed by atoms with van der Waals surface area (Å²) >= 11 is 8.22. The second kappa shape index (κ2) is 6.18. The quantitative estimate of drug-likeness (QED) is 0.828. The topological polar surface area (TPSA) is 32.5 Å². The van der Waals surface area contributed by atoms with Gasteiger partial charge in [0.25, 0.3) is 0 Å². The van der Waals surface area contributed by atoms with Crippen LogP contribution in [0.15, 0.2) is 16.6 Å². The SMILES string of the molecule is NC(=S)c1ccc(N2CCC(N3CCCC3)C2)c(F)c1Br. The van der Waals surface area contributed by atoms with Crippen LogP contribution in [0.25, 0.3) is 0 Å². The Morgan fingerprint density at radius 1 is 1.29 bits per heavy atom. The van der Waals surface area contributed by atoms with Gasteiger partial charge in [0.1, 0.15) is 4.99 Å². The van der Waals surface area contributed by atoms with Crippen LogP contribution in [0.3, 0.4) is 0 Å². The van der Waals surface area contributed by atoms with Crippen LogP contribution in [0.1, 0.15) is 24.8 Å². The second-order valence-corrected chi connectivity index (χ2v) is 6.99. The molecule has 0 saturated carbocycles. The highest BCUT2D eigenvalue weighted by Gasteiger charge is 2.31. The minimum atomic E-state index is -0.262. The van der Waals surface area contributed by atoms with Crippen molar-refractivity contribution in [2.45, 2.75) is 25.3 Å². The van der Waals surface area contributed by atoms with Crippen molar-refractivity contribution in [1.82, 2.24) is 4.90 Å². The van der Waals surface area contributed by atoms with Crippen LogP contribution in [0.5, 0.6) is 0 Å². The zero-order valence-corrected chi connectivity index (χ0v) is 14.2. The maximum atomic E-state index is 14.6. The van der Waals surface area contributed by atoms with Gasteiger partial charge in [-0.3, -0.25) is 4.90 Å². The minimum Gasteiger partial charge on any atom is -0.389 e. The Morgan fingerprint density at radius 2 is 2.00 bits per heavy atom. The fraction of sp³-hybridized carbons (Fsp3) is 0.533. The molecule has 1 unspecified atom stereocenters. The van der Waals surface area contributed by atoms with Gasteiger partial charge in [0.2, 0.25) is 0 Å². The Morgan fingerprint density at radius 3 is 2.67 bits per heavy atom. The first-order valence-electron chi connectivity index (χ1n) is 7.34. The average molecular weight is 372 g/mol. The molecule has 0 aliphatic carbocycles. The average Bonchev–Trinajstić information content (AvgIpc) is 3.10. The van der Waals surface area contributed by atoms with Crippen LogP contribution in [0, 0.1) is 5.82 Å². The molecule has 21 heavy (non-hydrogen) atoms. The van der Waals surface area contributed by atoms with Crippen LogP contribution in [0.2, 0.25) is 0 Å². The van der Waals surface area contributed by atoms with Crippen LogP contribution in [0.4, 0.5) is 10.1 Å². The van der Waals surface area contributed by atoms with Crippen molar-refractivity contribution >= 4 is 38.8 Å². The normalized spacial score (nSPS) is 23.0. The van der Waals surface area contributed by atoms with Crippen molar-refractivity contribution in [3.8, 4) is 0 Å². The Bertz CT molecular complexity index is 560. The molecule has 0 spiro atoms. The molecule has 0 aromatic heterocycles. The van der Waals surface area contributed by atoms with Crippen molar-refractivity contribution < 1.29 is 4.39 Å². The number of halogens is 2. The van der Waals surface area contributed by atoms with Crippen LogP contribution in [-0.4, -0.2) is 42.1 Å². The predicted octanol–water partition coefficient (Wildman–Crippen LogP) is 2.90. The van der Waals surface area contributed by atoms with E-state index in [0.29, 0.717) is 21.8 Å². The molecular weight excluding hydrogens is 353 g/mol. The molecule has 2 aliphatic heterocycles. The van der Waals surface area contributed by atoms with Gasteiger partial charge in [-0.1, -0.05) is 12.2 Å². The number of rotatable bonds is 3. The fourth-order valence-electron chi connectivity index (χ4n) is 3.34. The maximum absolute atomic E-state index is 14.6. The third kappa shape index (κ3) is 2.94. The highest BCUT2D eigenvalue weighted by molar-refractivity contribution is 9.10. The van der Waals surface area contributed by atoms with Gasteiger partial charge in [-0.05, 0) is 60.4 Å². The van der Waals surface area contributed by atoms with Gasteiger partial charge < -0.3 is 10.6 Å².